The molecule has 29 heavy (non-hydrogen) atoms. The molecule has 3 aromatic rings. The van der Waals surface area contributed by atoms with E-state index in [1.54, 1.807) is 37.4 Å². The Kier molecular flexibility index (Phi) is 6.54. The van der Waals surface area contributed by atoms with Crippen LogP contribution in [0.5, 0.6) is 11.5 Å². The first-order valence-corrected chi connectivity index (χ1v) is 9.30. The van der Waals surface area contributed by atoms with Crippen molar-refractivity contribution in [3.05, 3.63) is 86.8 Å². The number of carbonyl (C=O) groups excluding carboxylic acids is 1. The summed E-state index contributed by atoms with van der Waals surface area (Å²) < 4.78 is 10.9. The van der Waals surface area contributed by atoms with Crippen molar-refractivity contribution in [2.45, 2.75) is 6.61 Å². The fourth-order valence-corrected chi connectivity index (χ4v) is 3.05. The largest absolute Gasteiger partial charge is 0.497 e. The number of hydrazone groups is 1. The minimum Gasteiger partial charge on any atom is -0.497 e. The lowest BCUT2D eigenvalue weighted by atomic mass is 10.2. The van der Waals surface area contributed by atoms with Gasteiger partial charge in [-0.15, -0.1) is 0 Å². The number of amides is 1. The maximum atomic E-state index is 12.1. The summed E-state index contributed by atoms with van der Waals surface area (Å²) in [4.78, 5) is 22.9. The molecule has 0 aliphatic heterocycles. The molecule has 0 fully saturated rings. The number of rotatable bonds is 8. The lowest BCUT2D eigenvalue weighted by Gasteiger charge is -2.08. The summed E-state index contributed by atoms with van der Waals surface area (Å²) >= 11 is 0.972. The summed E-state index contributed by atoms with van der Waals surface area (Å²) in [5.74, 6) is 0.987. The van der Waals surface area contributed by atoms with E-state index in [0.717, 1.165) is 22.6 Å². The molecule has 0 atom stereocenters. The fraction of sp³-hybridized carbons (Fsp3) is 0.100. The average molecular weight is 411 g/mol. The molecule has 0 saturated heterocycles. The second-order valence-corrected chi connectivity index (χ2v) is 6.89. The number of carbonyl (C=O) groups is 1. The zero-order valence-corrected chi connectivity index (χ0v) is 16.2. The van der Waals surface area contributed by atoms with E-state index in [4.69, 9.17) is 9.47 Å². The Morgan fingerprint density at radius 2 is 1.97 bits per heavy atom. The van der Waals surface area contributed by atoms with Gasteiger partial charge >= 0.3 is 5.00 Å². The van der Waals surface area contributed by atoms with Gasteiger partial charge in [-0.2, -0.15) is 5.10 Å². The molecule has 9 heteroatoms. The summed E-state index contributed by atoms with van der Waals surface area (Å²) in [5.41, 5.74) is 3.77. The number of nitrogens with one attached hydrogen (secondary N) is 1. The molecule has 0 bridgehead atoms. The Bertz CT molecular complexity index is 1030. The SMILES string of the molecule is COc1cccc(COc2ccc(C(=O)N/N=C\c3ccc([N+](=O)[O-])s3)cc2)c1. The number of hydrogen-bond donors (Lipinski definition) is 1. The van der Waals surface area contributed by atoms with Gasteiger partial charge in [-0.05, 0) is 48.0 Å². The predicted octanol–water partition coefficient (Wildman–Crippen LogP) is 4.01. The van der Waals surface area contributed by atoms with Crippen LogP contribution in [0.15, 0.2) is 65.8 Å². The number of benzene rings is 2. The first kappa shape index (κ1) is 20.0. The molecule has 1 aromatic heterocycles. The van der Waals surface area contributed by atoms with Gasteiger partial charge in [-0.25, -0.2) is 5.43 Å². The van der Waals surface area contributed by atoms with Crippen molar-refractivity contribution >= 4 is 28.5 Å². The van der Waals surface area contributed by atoms with Gasteiger partial charge in [0.1, 0.15) is 18.1 Å². The minimum atomic E-state index is -0.474. The van der Waals surface area contributed by atoms with E-state index < -0.39 is 10.8 Å². The van der Waals surface area contributed by atoms with E-state index in [1.807, 2.05) is 24.3 Å². The third-order valence-electron chi connectivity index (χ3n) is 3.81. The second-order valence-electron chi connectivity index (χ2n) is 5.80. The Balaban J connectivity index is 1.52. The molecule has 1 N–H and O–H groups in total. The number of nitro groups is 1. The molecular weight excluding hydrogens is 394 g/mol. The molecule has 1 heterocycles. The summed E-state index contributed by atoms with van der Waals surface area (Å²) in [6.45, 7) is 0.375. The highest BCUT2D eigenvalue weighted by atomic mass is 32.1. The summed E-state index contributed by atoms with van der Waals surface area (Å²) in [6.07, 6.45) is 1.36. The van der Waals surface area contributed by atoms with Gasteiger partial charge in [0.15, 0.2) is 0 Å². The lowest BCUT2D eigenvalue weighted by molar-refractivity contribution is -0.380. The van der Waals surface area contributed by atoms with Crippen molar-refractivity contribution in [3.8, 4) is 11.5 Å². The first-order chi connectivity index (χ1) is 14.0. The molecule has 0 aliphatic carbocycles. The Hall–Kier alpha value is -3.72. The normalized spacial score (nSPS) is 10.7. The fourth-order valence-electron chi connectivity index (χ4n) is 2.36. The quantitative estimate of drug-likeness (QED) is 0.343. The van der Waals surface area contributed by atoms with Crippen LogP contribution < -0.4 is 14.9 Å². The topological polar surface area (TPSA) is 103 Å². The van der Waals surface area contributed by atoms with E-state index in [1.165, 1.54) is 12.3 Å². The van der Waals surface area contributed by atoms with Gasteiger partial charge in [-0.3, -0.25) is 14.9 Å². The summed E-state index contributed by atoms with van der Waals surface area (Å²) in [7, 11) is 1.61. The van der Waals surface area contributed by atoms with Gasteiger partial charge < -0.3 is 9.47 Å². The summed E-state index contributed by atoms with van der Waals surface area (Å²) in [5, 5.41) is 14.5. The maximum absolute atomic E-state index is 12.1. The molecule has 8 nitrogen and oxygen atoms in total. The molecule has 0 spiro atoms. The molecule has 1 amide bonds. The standard InChI is InChI=1S/C20H17N3O5S/c1-27-17-4-2-3-14(11-17)13-28-16-7-5-15(6-8-16)20(24)22-21-12-18-9-10-19(29-18)23(25)26/h2-12H,13H2,1H3,(H,22,24)/b21-12-. The van der Waals surface area contributed by atoms with Crippen LogP contribution in [0.2, 0.25) is 0 Å². The third-order valence-corrected chi connectivity index (χ3v) is 4.78. The third kappa shape index (κ3) is 5.63. The molecule has 0 saturated carbocycles. The van der Waals surface area contributed by atoms with Crippen molar-refractivity contribution in [3.63, 3.8) is 0 Å². The van der Waals surface area contributed by atoms with Crippen LogP contribution in [-0.4, -0.2) is 24.2 Å². The molecule has 0 aliphatic rings. The van der Waals surface area contributed by atoms with Gasteiger partial charge in [0.25, 0.3) is 5.91 Å². The van der Waals surface area contributed by atoms with Crippen molar-refractivity contribution < 1.29 is 19.2 Å². The minimum absolute atomic E-state index is 0.0160. The van der Waals surface area contributed by atoms with Crippen molar-refractivity contribution in [2.75, 3.05) is 7.11 Å². The van der Waals surface area contributed by atoms with E-state index in [-0.39, 0.29) is 5.00 Å². The Morgan fingerprint density at radius 3 is 2.66 bits per heavy atom. The molecule has 3 rings (SSSR count). The van der Waals surface area contributed by atoms with Crippen molar-refractivity contribution in [1.29, 1.82) is 0 Å². The zero-order chi connectivity index (χ0) is 20.6. The van der Waals surface area contributed by atoms with Crippen LogP contribution in [0.25, 0.3) is 0 Å². The van der Waals surface area contributed by atoms with E-state index in [0.29, 0.717) is 22.8 Å². The first-order valence-electron chi connectivity index (χ1n) is 8.48. The molecular formula is C20H17N3O5S. The van der Waals surface area contributed by atoms with Crippen LogP contribution >= 0.6 is 11.3 Å². The average Bonchev–Trinajstić information content (AvgIpc) is 3.22. The van der Waals surface area contributed by atoms with E-state index in [2.05, 4.69) is 10.5 Å². The van der Waals surface area contributed by atoms with Crippen LogP contribution in [-0.2, 0) is 6.61 Å². The number of hydrogen-bond acceptors (Lipinski definition) is 7. The Morgan fingerprint density at radius 1 is 1.17 bits per heavy atom. The molecule has 2 aromatic carbocycles. The molecule has 0 radical (unpaired) electrons. The smallest absolute Gasteiger partial charge is 0.324 e. The van der Waals surface area contributed by atoms with Crippen LogP contribution in [0.1, 0.15) is 20.8 Å². The highest BCUT2D eigenvalue weighted by molar-refractivity contribution is 7.16. The predicted molar refractivity (Wildman–Crippen MR) is 110 cm³/mol. The molecule has 148 valence electrons. The number of nitrogens with zero attached hydrogens (tertiary/aromatic N) is 2. The van der Waals surface area contributed by atoms with E-state index >= 15 is 0 Å². The highest BCUT2D eigenvalue weighted by Gasteiger charge is 2.09. The maximum Gasteiger partial charge on any atom is 0.324 e. The second kappa shape index (κ2) is 9.47. The van der Waals surface area contributed by atoms with Crippen LogP contribution in [0.3, 0.4) is 0 Å². The highest BCUT2D eigenvalue weighted by Crippen LogP contribution is 2.22. The van der Waals surface area contributed by atoms with Gasteiger partial charge in [0.05, 0.1) is 23.1 Å². The molecule has 0 unspecified atom stereocenters. The van der Waals surface area contributed by atoms with Crippen molar-refractivity contribution in [2.24, 2.45) is 5.10 Å². The van der Waals surface area contributed by atoms with Gasteiger partial charge in [0, 0.05) is 11.6 Å². The van der Waals surface area contributed by atoms with Crippen molar-refractivity contribution in [1.82, 2.24) is 5.43 Å². The monoisotopic (exact) mass is 411 g/mol. The number of thiophene rings is 1. The zero-order valence-electron chi connectivity index (χ0n) is 15.4. The Labute approximate surface area is 170 Å². The number of methoxy groups -OCH3 is 1. The van der Waals surface area contributed by atoms with Crippen LogP contribution in [0, 0.1) is 10.1 Å². The van der Waals surface area contributed by atoms with Gasteiger partial charge in [-0.1, -0.05) is 23.5 Å². The lowest BCUT2D eigenvalue weighted by Crippen LogP contribution is -2.17. The van der Waals surface area contributed by atoms with E-state index in [9.17, 15) is 14.9 Å². The summed E-state index contributed by atoms with van der Waals surface area (Å²) in [6, 6.07) is 17.2. The van der Waals surface area contributed by atoms with Gasteiger partial charge in [0.2, 0.25) is 0 Å². The van der Waals surface area contributed by atoms with Crippen LogP contribution in [0.4, 0.5) is 5.00 Å². The number of ether oxygens (including phenoxy) is 2.